The van der Waals surface area contributed by atoms with Crippen molar-refractivity contribution in [2.75, 3.05) is 0 Å². The molecule has 1 aliphatic rings. The van der Waals surface area contributed by atoms with Gasteiger partial charge in [0.2, 0.25) is 0 Å². The van der Waals surface area contributed by atoms with Crippen molar-refractivity contribution < 1.29 is 4.42 Å². The van der Waals surface area contributed by atoms with Gasteiger partial charge < -0.3 is 8.98 Å². The van der Waals surface area contributed by atoms with Crippen molar-refractivity contribution in [2.45, 2.75) is 5.92 Å². The van der Waals surface area contributed by atoms with E-state index in [2.05, 4.69) is 162 Å². The predicted octanol–water partition coefficient (Wildman–Crippen LogP) is 12.2. The average molecular weight is 598 g/mol. The standard InChI is InChI=1S/C45H27NO/c1-3-15-31-27(11-1)28-12-2-4-16-32(28)43(31)36-23-25-41-44-33(17-9-18-35(36)44)34-19-10-20-37-40(24-26-42(47-41)45(34)37)46-38-21-7-5-13-29(38)30-14-6-8-22-39(30)46/h1-26,43H. The first kappa shape index (κ1) is 25.1. The topological polar surface area (TPSA) is 18.1 Å². The summed E-state index contributed by atoms with van der Waals surface area (Å²) in [5, 5.41) is 9.67. The molecule has 0 N–H and O–H groups in total. The lowest BCUT2D eigenvalue weighted by atomic mass is 9.85. The van der Waals surface area contributed by atoms with E-state index in [0.29, 0.717) is 0 Å². The maximum absolute atomic E-state index is 6.94. The van der Waals surface area contributed by atoms with Crippen LogP contribution in [0.4, 0.5) is 0 Å². The van der Waals surface area contributed by atoms with Crippen LogP contribution < -0.4 is 0 Å². The Kier molecular flexibility index (Phi) is 4.92. The van der Waals surface area contributed by atoms with E-state index >= 15 is 0 Å². The van der Waals surface area contributed by atoms with Crippen LogP contribution in [0.1, 0.15) is 22.6 Å². The second-order valence-corrected chi connectivity index (χ2v) is 12.8. The number of nitrogens with zero attached hydrogens (tertiary/aromatic N) is 1. The Balaban J connectivity index is 1.24. The summed E-state index contributed by atoms with van der Waals surface area (Å²) in [5.74, 6) is 0.162. The molecule has 10 aromatic rings. The highest BCUT2D eigenvalue weighted by atomic mass is 16.3. The summed E-state index contributed by atoms with van der Waals surface area (Å²) in [4.78, 5) is 0. The number of benzene rings is 8. The number of para-hydroxylation sites is 2. The molecule has 0 unspecified atom stereocenters. The number of rotatable bonds is 2. The zero-order valence-electron chi connectivity index (χ0n) is 25.4. The van der Waals surface area contributed by atoms with E-state index in [-0.39, 0.29) is 5.92 Å². The van der Waals surface area contributed by atoms with Gasteiger partial charge >= 0.3 is 0 Å². The zero-order chi connectivity index (χ0) is 30.6. The molecule has 11 rings (SSSR count). The molecule has 2 heteroatoms. The lowest BCUT2D eigenvalue weighted by molar-refractivity contribution is 0.664. The summed E-state index contributed by atoms with van der Waals surface area (Å²) in [5.41, 5.74) is 12.1. The third-order valence-corrected chi connectivity index (χ3v) is 10.5. The van der Waals surface area contributed by atoms with E-state index in [4.69, 9.17) is 4.42 Å². The molecule has 2 nitrogen and oxygen atoms in total. The molecule has 0 saturated carbocycles. The van der Waals surface area contributed by atoms with Gasteiger partial charge in [-0.25, -0.2) is 0 Å². The molecule has 2 aromatic heterocycles. The van der Waals surface area contributed by atoms with E-state index in [1.165, 1.54) is 76.6 Å². The van der Waals surface area contributed by atoms with Crippen LogP contribution in [-0.4, -0.2) is 4.57 Å². The van der Waals surface area contributed by atoms with E-state index in [1.54, 1.807) is 0 Å². The van der Waals surface area contributed by atoms with Gasteiger partial charge in [-0.2, -0.15) is 0 Å². The van der Waals surface area contributed by atoms with Crippen LogP contribution in [0, 0.1) is 0 Å². The summed E-state index contributed by atoms with van der Waals surface area (Å²) in [6.45, 7) is 0. The first-order valence-electron chi connectivity index (χ1n) is 16.3. The minimum Gasteiger partial charge on any atom is -0.456 e. The van der Waals surface area contributed by atoms with Gasteiger partial charge in [0.15, 0.2) is 0 Å². The summed E-state index contributed by atoms with van der Waals surface area (Å²) in [7, 11) is 0. The van der Waals surface area contributed by atoms with Crippen LogP contribution in [0.3, 0.4) is 0 Å². The molecule has 0 radical (unpaired) electrons. The summed E-state index contributed by atoms with van der Waals surface area (Å²) in [6.07, 6.45) is 0. The van der Waals surface area contributed by atoms with E-state index in [9.17, 15) is 0 Å². The molecule has 8 aromatic carbocycles. The normalized spacial score (nSPS) is 13.0. The highest BCUT2D eigenvalue weighted by Crippen LogP contribution is 2.50. The zero-order valence-corrected chi connectivity index (χ0v) is 25.4. The first-order valence-corrected chi connectivity index (χ1v) is 16.3. The predicted molar refractivity (Wildman–Crippen MR) is 196 cm³/mol. The van der Waals surface area contributed by atoms with Gasteiger partial charge in [0.05, 0.1) is 16.7 Å². The van der Waals surface area contributed by atoms with Gasteiger partial charge in [-0.05, 0) is 74.3 Å². The molecule has 0 fully saturated rings. The Morgan fingerprint density at radius 3 is 1.51 bits per heavy atom. The third kappa shape index (κ3) is 3.29. The molecule has 0 saturated heterocycles. The van der Waals surface area contributed by atoms with Crippen LogP contribution in [0.15, 0.2) is 162 Å². The van der Waals surface area contributed by atoms with Gasteiger partial charge in [0, 0.05) is 32.8 Å². The molecular weight excluding hydrogens is 571 g/mol. The minimum absolute atomic E-state index is 0.162. The van der Waals surface area contributed by atoms with Crippen LogP contribution >= 0.6 is 0 Å². The Bertz CT molecular complexity index is 2820. The highest BCUT2D eigenvalue weighted by Gasteiger charge is 2.31. The van der Waals surface area contributed by atoms with Gasteiger partial charge in [-0.1, -0.05) is 127 Å². The molecule has 0 bridgehead atoms. The van der Waals surface area contributed by atoms with E-state index in [0.717, 1.165) is 22.2 Å². The van der Waals surface area contributed by atoms with Crippen LogP contribution in [-0.2, 0) is 0 Å². The SMILES string of the molecule is c1ccc2c(c1)-c1ccccc1C2c1ccc2oc3ccc(-n4c5ccccc5c5ccccc54)c4cccc(c5cccc1c25)c34. The molecule has 0 amide bonds. The van der Waals surface area contributed by atoms with Crippen molar-refractivity contribution in [3.05, 3.63) is 174 Å². The van der Waals surface area contributed by atoms with Crippen molar-refractivity contribution in [1.82, 2.24) is 4.57 Å². The van der Waals surface area contributed by atoms with E-state index < -0.39 is 0 Å². The fourth-order valence-electron chi connectivity index (χ4n) is 8.61. The maximum atomic E-state index is 6.94. The lowest BCUT2D eigenvalue weighted by Crippen LogP contribution is -2.00. The Labute approximate surface area is 270 Å². The molecule has 0 atom stereocenters. The lowest BCUT2D eigenvalue weighted by Gasteiger charge is -2.17. The molecule has 47 heavy (non-hydrogen) atoms. The smallest absolute Gasteiger partial charge is 0.136 e. The van der Waals surface area contributed by atoms with Gasteiger partial charge in [0.25, 0.3) is 0 Å². The molecular formula is C45H27NO. The number of fused-ring (bicyclic) bond motifs is 7. The Morgan fingerprint density at radius 2 is 0.851 bits per heavy atom. The van der Waals surface area contributed by atoms with E-state index in [1.807, 2.05) is 0 Å². The fourth-order valence-corrected chi connectivity index (χ4v) is 8.61. The largest absolute Gasteiger partial charge is 0.456 e. The second-order valence-electron chi connectivity index (χ2n) is 12.8. The summed E-state index contributed by atoms with van der Waals surface area (Å²) < 4.78 is 9.36. The molecule has 218 valence electrons. The molecule has 0 aliphatic heterocycles. The average Bonchev–Trinajstić information content (AvgIpc) is 3.59. The monoisotopic (exact) mass is 597 g/mol. The van der Waals surface area contributed by atoms with Gasteiger partial charge in [-0.3, -0.25) is 0 Å². The van der Waals surface area contributed by atoms with Crippen LogP contribution in [0.5, 0.6) is 0 Å². The van der Waals surface area contributed by atoms with Crippen LogP contribution in [0.25, 0.3) is 82.1 Å². The molecule has 1 aliphatic carbocycles. The maximum Gasteiger partial charge on any atom is 0.136 e. The Hall–Kier alpha value is -6.12. The van der Waals surface area contributed by atoms with Crippen molar-refractivity contribution in [2.24, 2.45) is 0 Å². The van der Waals surface area contributed by atoms with Crippen molar-refractivity contribution in [1.29, 1.82) is 0 Å². The van der Waals surface area contributed by atoms with Gasteiger partial charge in [0.1, 0.15) is 11.2 Å². The van der Waals surface area contributed by atoms with Crippen molar-refractivity contribution in [3.63, 3.8) is 0 Å². The Morgan fingerprint density at radius 1 is 0.362 bits per heavy atom. The third-order valence-electron chi connectivity index (χ3n) is 10.5. The highest BCUT2D eigenvalue weighted by molar-refractivity contribution is 6.25. The van der Waals surface area contributed by atoms with Gasteiger partial charge in [-0.15, -0.1) is 0 Å². The number of hydrogen-bond acceptors (Lipinski definition) is 1. The summed E-state index contributed by atoms with van der Waals surface area (Å²) in [6, 6.07) is 57.6. The first-order chi connectivity index (χ1) is 23.3. The minimum atomic E-state index is 0.162. The second kappa shape index (κ2) is 9.22. The number of hydrogen-bond donors (Lipinski definition) is 0. The van der Waals surface area contributed by atoms with Crippen LogP contribution in [0.2, 0.25) is 0 Å². The molecule has 2 heterocycles. The van der Waals surface area contributed by atoms with Crippen molar-refractivity contribution in [3.8, 4) is 16.8 Å². The quantitative estimate of drug-likeness (QED) is 0.194. The molecule has 0 spiro atoms. The number of aromatic nitrogens is 1. The summed E-state index contributed by atoms with van der Waals surface area (Å²) >= 11 is 0. The van der Waals surface area contributed by atoms with Crippen molar-refractivity contribution >= 4 is 65.3 Å². The fraction of sp³-hybridized carbons (Fsp3) is 0.0222.